The van der Waals surface area contributed by atoms with E-state index < -0.39 is 0 Å². The summed E-state index contributed by atoms with van der Waals surface area (Å²) in [4.78, 5) is 11.7. The molecule has 0 saturated carbocycles. The molecule has 0 radical (unpaired) electrons. The summed E-state index contributed by atoms with van der Waals surface area (Å²) in [5, 5.41) is 0.761. The maximum Gasteiger partial charge on any atom is 0.160 e. The summed E-state index contributed by atoms with van der Waals surface area (Å²) in [5.41, 5.74) is 4.90. The molecule has 0 atom stereocenters. The number of aryl methyl sites for hydroxylation is 2. The molecule has 0 unspecified atom stereocenters. The highest BCUT2D eigenvalue weighted by atomic mass is 35.5. The van der Waals surface area contributed by atoms with Gasteiger partial charge in [-0.15, -0.1) is 0 Å². The molecule has 0 aliphatic heterocycles. The number of hydrogen-bond acceptors (Lipinski definition) is 1. The van der Waals surface area contributed by atoms with Crippen molar-refractivity contribution >= 4 is 17.4 Å². The Hall–Kier alpha value is -1.60. The topological polar surface area (TPSA) is 17.1 Å². The van der Waals surface area contributed by atoms with Crippen molar-refractivity contribution in [2.45, 2.75) is 20.8 Å². The van der Waals surface area contributed by atoms with Crippen molar-refractivity contribution < 1.29 is 4.79 Å². The molecule has 0 fully saturated rings. The highest BCUT2D eigenvalue weighted by Gasteiger charge is 2.11. The van der Waals surface area contributed by atoms with Crippen LogP contribution in [0.1, 0.15) is 28.4 Å². The number of carbonyl (C=O) groups is 1. The molecule has 18 heavy (non-hydrogen) atoms. The van der Waals surface area contributed by atoms with E-state index in [9.17, 15) is 4.79 Å². The van der Waals surface area contributed by atoms with Gasteiger partial charge >= 0.3 is 0 Å². The molecule has 1 nitrogen and oxygen atoms in total. The van der Waals surface area contributed by atoms with E-state index >= 15 is 0 Å². The highest BCUT2D eigenvalue weighted by Crippen LogP contribution is 2.31. The summed E-state index contributed by atoms with van der Waals surface area (Å²) in [7, 11) is 0. The van der Waals surface area contributed by atoms with E-state index in [4.69, 9.17) is 11.6 Å². The zero-order chi connectivity index (χ0) is 13.3. The fourth-order valence-electron chi connectivity index (χ4n) is 2.10. The second-order valence-corrected chi connectivity index (χ2v) is 4.93. The van der Waals surface area contributed by atoms with Gasteiger partial charge in [-0.1, -0.05) is 35.9 Å². The van der Waals surface area contributed by atoms with E-state index in [2.05, 4.69) is 0 Å². The average Bonchev–Trinajstić information content (AvgIpc) is 2.34. The minimum absolute atomic E-state index is 0.0811. The molecule has 0 saturated heterocycles. The predicted octanol–water partition coefficient (Wildman–Crippen LogP) is 4.83. The Bertz CT molecular complexity index is 614. The van der Waals surface area contributed by atoms with Crippen molar-refractivity contribution in [3.8, 4) is 11.1 Å². The quantitative estimate of drug-likeness (QED) is 0.706. The summed E-state index contributed by atoms with van der Waals surface area (Å²) in [6, 6.07) is 11.7. The Labute approximate surface area is 112 Å². The third-order valence-electron chi connectivity index (χ3n) is 3.10. The standard InChI is InChI=1S/C16H15ClO/c1-10-9-16(17)11(2)8-15(10)14-7-5-4-6-13(14)12(3)18/h4-9H,1-3H3. The van der Waals surface area contributed by atoms with Crippen LogP contribution in [0.4, 0.5) is 0 Å². The molecule has 0 aliphatic carbocycles. The lowest BCUT2D eigenvalue weighted by atomic mass is 9.93. The van der Waals surface area contributed by atoms with Gasteiger partial charge in [-0.05, 0) is 55.2 Å². The van der Waals surface area contributed by atoms with E-state index in [0.717, 1.165) is 32.8 Å². The summed E-state index contributed by atoms with van der Waals surface area (Å²) >= 11 is 6.11. The largest absolute Gasteiger partial charge is 0.294 e. The van der Waals surface area contributed by atoms with E-state index in [-0.39, 0.29) is 5.78 Å². The monoisotopic (exact) mass is 258 g/mol. The Balaban J connectivity index is 2.69. The summed E-state index contributed by atoms with van der Waals surface area (Å²) in [5.74, 6) is 0.0811. The van der Waals surface area contributed by atoms with Crippen LogP contribution in [0, 0.1) is 13.8 Å². The van der Waals surface area contributed by atoms with Gasteiger partial charge < -0.3 is 0 Å². The van der Waals surface area contributed by atoms with Gasteiger partial charge in [0.15, 0.2) is 5.78 Å². The van der Waals surface area contributed by atoms with Crippen LogP contribution in [-0.2, 0) is 0 Å². The summed E-state index contributed by atoms with van der Waals surface area (Å²) < 4.78 is 0. The van der Waals surface area contributed by atoms with E-state index in [1.165, 1.54) is 0 Å². The molecule has 0 heterocycles. The van der Waals surface area contributed by atoms with Crippen molar-refractivity contribution in [1.82, 2.24) is 0 Å². The summed E-state index contributed by atoms with van der Waals surface area (Å²) in [6.07, 6.45) is 0. The lowest BCUT2D eigenvalue weighted by Crippen LogP contribution is -1.97. The van der Waals surface area contributed by atoms with Gasteiger partial charge in [0, 0.05) is 10.6 Å². The zero-order valence-electron chi connectivity index (χ0n) is 10.8. The van der Waals surface area contributed by atoms with Gasteiger partial charge in [0.1, 0.15) is 0 Å². The van der Waals surface area contributed by atoms with Crippen molar-refractivity contribution in [2.24, 2.45) is 0 Å². The second-order valence-electron chi connectivity index (χ2n) is 4.52. The number of ketones is 1. The molecular formula is C16H15ClO. The molecule has 2 heteroatoms. The molecule has 0 bridgehead atoms. The normalized spacial score (nSPS) is 10.4. The lowest BCUT2D eigenvalue weighted by Gasteiger charge is -2.12. The van der Waals surface area contributed by atoms with Gasteiger partial charge in [0.25, 0.3) is 0 Å². The highest BCUT2D eigenvalue weighted by molar-refractivity contribution is 6.31. The Morgan fingerprint density at radius 3 is 2.33 bits per heavy atom. The number of halogens is 1. The van der Waals surface area contributed by atoms with Crippen LogP contribution in [0.15, 0.2) is 36.4 Å². The van der Waals surface area contributed by atoms with Gasteiger partial charge in [0.05, 0.1) is 0 Å². The maximum atomic E-state index is 11.7. The SMILES string of the molecule is CC(=O)c1ccccc1-c1cc(C)c(Cl)cc1C. The first-order valence-corrected chi connectivity index (χ1v) is 6.25. The number of Topliss-reactive ketones (excluding diaryl/α,β-unsaturated/α-hetero) is 1. The Kier molecular flexibility index (Phi) is 3.53. The first-order chi connectivity index (χ1) is 8.50. The van der Waals surface area contributed by atoms with Crippen molar-refractivity contribution in [1.29, 1.82) is 0 Å². The third-order valence-corrected chi connectivity index (χ3v) is 3.51. The smallest absolute Gasteiger partial charge is 0.160 e. The lowest BCUT2D eigenvalue weighted by molar-refractivity contribution is 0.101. The van der Waals surface area contributed by atoms with Crippen molar-refractivity contribution in [3.63, 3.8) is 0 Å². The maximum absolute atomic E-state index is 11.7. The first-order valence-electron chi connectivity index (χ1n) is 5.88. The minimum Gasteiger partial charge on any atom is -0.294 e. The van der Waals surface area contributed by atoms with Crippen molar-refractivity contribution in [3.05, 3.63) is 58.1 Å². The van der Waals surface area contributed by atoms with Crippen LogP contribution < -0.4 is 0 Å². The molecule has 2 rings (SSSR count). The van der Waals surface area contributed by atoms with Crippen LogP contribution >= 0.6 is 11.6 Å². The molecule has 0 aliphatic rings. The minimum atomic E-state index is 0.0811. The van der Waals surface area contributed by atoms with Crippen molar-refractivity contribution in [2.75, 3.05) is 0 Å². The fourth-order valence-corrected chi connectivity index (χ4v) is 2.31. The second kappa shape index (κ2) is 4.95. The Morgan fingerprint density at radius 1 is 1.00 bits per heavy atom. The van der Waals surface area contributed by atoms with Gasteiger partial charge in [-0.25, -0.2) is 0 Å². The van der Waals surface area contributed by atoms with E-state index in [1.54, 1.807) is 6.92 Å². The predicted molar refractivity (Wildman–Crippen MR) is 76.4 cm³/mol. The molecule has 0 amide bonds. The van der Waals surface area contributed by atoms with Gasteiger partial charge in [0.2, 0.25) is 0 Å². The van der Waals surface area contributed by atoms with E-state index in [1.807, 2.05) is 50.2 Å². The van der Waals surface area contributed by atoms with E-state index in [0.29, 0.717) is 0 Å². The van der Waals surface area contributed by atoms with Gasteiger partial charge in [-0.2, -0.15) is 0 Å². The fraction of sp³-hybridized carbons (Fsp3) is 0.188. The molecule has 92 valence electrons. The first kappa shape index (κ1) is 12.8. The molecule has 0 spiro atoms. The van der Waals surface area contributed by atoms with Crippen LogP contribution in [-0.4, -0.2) is 5.78 Å². The number of hydrogen-bond donors (Lipinski definition) is 0. The molecule has 0 aromatic heterocycles. The molecule has 0 N–H and O–H groups in total. The zero-order valence-corrected chi connectivity index (χ0v) is 11.5. The third kappa shape index (κ3) is 2.32. The molecule has 2 aromatic carbocycles. The van der Waals surface area contributed by atoms with Gasteiger partial charge in [-0.3, -0.25) is 4.79 Å². The summed E-state index contributed by atoms with van der Waals surface area (Å²) in [6.45, 7) is 5.58. The molecular weight excluding hydrogens is 244 g/mol. The molecule has 2 aromatic rings. The van der Waals surface area contributed by atoms with Crippen LogP contribution in [0.3, 0.4) is 0 Å². The van der Waals surface area contributed by atoms with Crippen LogP contribution in [0.5, 0.6) is 0 Å². The Morgan fingerprint density at radius 2 is 1.67 bits per heavy atom. The van der Waals surface area contributed by atoms with Crippen LogP contribution in [0.2, 0.25) is 5.02 Å². The van der Waals surface area contributed by atoms with Crippen LogP contribution in [0.25, 0.3) is 11.1 Å². The number of benzene rings is 2. The average molecular weight is 259 g/mol. The number of carbonyl (C=O) groups excluding carboxylic acids is 1. The number of rotatable bonds is 2.